The van der Waals surface area contributed by atoms with E-state index in [4.69, 9.17) is 4.74 Å². The van der Waals surface area contributed by atoms with Crippen molar-refractivity contribution in [2.75, 3.05) is 0 Å². The quantitative estimate of drug-likeness (QED) is 0.671. The summed E-state index contributed by atoms with van der Waals surface area (Å²) >= 11 is 0. The monoisotopic (exact) mass is 472 g/mol. The van der Waals surface area contributed by atoms with E-state index in [0.717, 1.165) is 22.5 Å². The lowest BCUT2D eigenvalue weighted by molar-refractivity contribution is -0.725. The summed E-state index contributed by atoms with van der Waals surface area (Å²) < 4.78 is 5.20. The third-order valence-electron chi connectivity index (χ3n) is 6.43. The number of hydrogen-bond donors (Lipinski definition) is 1. The van der Waals surface area contributed by atoms with E-state index in [9.17, 15) is 14.7 Å². The molecule has 1 aromatic carbocycles. The van der Waals surface area contributed by atoms with Crippen LogP contribution in [0.15, 0.2) is 36.5 Å². The van der Waals surface area contributed by atoms with Gasteiger partial charge in [-0.25, -0.2) is 4.79 Å². The summed E-state index contributed by atoms with van der Waals surface area (Å²) in [7, 11) is 0. The number of carbonyl (C=O) groups is 2. The van der Waals surface area contributed by atoms with Gasteiger partial charge in [0.15, 0.2) is 0 Å². The molecule has 0 heterocycles. The molecule has 2 aliphatic rings. The lowest BCUT2D eigenvalue weighted by atomic mass is 9.91. The van der Waals surface area contributed by atoms with Crippen molar-refractivity contribution in [1.29, 1.82) is 0 Å². The minimum absolute atomic E-state index is 0.707. The van der Waals surface area contributed by atoms with Crippen LogP contribution in [-0.2, 0) is 9.53 Å². The first-order valence-electron chi connectivity index (χ1n) is 13.0. The highest BCUT2D eigenvalue weighted by atomic mass is 16.6. The molecule has 2 fully saturated rings. The predicted octanol–water partition coefficient (Wildman–Crippen LogP) is 4.25. The number of nitrogens with two attached hydrogens (primary N) is 1. The average Bonchev–Trinajstić information content (AvgIpc) is 2.80. The van der Waals surface area contributed by atoms with Crippen LogP contribution in [0.25, 0.3) is 6.08 Å². The second-order valence-corrected chi connectivity index (χ2v) is 10.6. The SMILES string of the molecule is C1CCC([NH2+]C2CCCCC2)CC1.C[C@@H](C(=O)[O-])N(/C=C/c1ccccc1)C(=O)OC(C)(C)C. The molecular formula is C28H44N2O4. The van der Waals surface area contributed by atoms with E-state index in [-0.39, 0.29) is 0 Å². The smallest absolute Gasteiger partial charge is 0.414 e. The van der Waals surface area contributed by atoms with E-state index >= 15 is 0 Å². The molecule has 2 saturated carbocycles. The van der Waals surface area contributed by atoms with Crippen LogP contribution in [0.2, 0.25) is 0 Å². The molecule has 3 rings (SSSR count). The Morgan fingerprint density at radius 3 is 1.91 bits per heavy atom. The van der Waals surface area contributed by atoms with Crippen LogP contribution in [0.3, 0.4) is 0 Å². The molecule has 1 aromatic rings. The van der Waals surface area contributed by atoms with Gasteiger partial charge in [0.1, 0.15) is 5.60 Å². The molecule has 34 heavy (non-hydrogen) atoms. The first-order valence-corrected chi connectivity index (χ1v) is 13.0. The van der Waals surface area contributed by atoms with Gasteiger partial charge in [-0.15, -0.1) is 0 Å². The molecule has 1 amide bonds. The van der Waals surface area contributed by atoms with Crippen molar-refractivity contribution in [1.82, 2.24) is 4.90 Å². The summed E-state index contributed by atoms with van der Waals surface area (Å²) in [5, 5.41) is 13.7. The zero-order chi connectivity index (χ0) is 25.0. The van der Waals surface area contributed by atoms with Crippen LogP contribution in [0.5, 0.6) is 0 Å². The van der Waals surface area contributed by atoms with Crippen molar-refractivity contribution < 1.29 is 24.7 Å². The van der Waals surface area contributed by atoms with Crippen molar-refractivity contribution in [3.63, 3.8) is 0 Å². The summed E-state index contributed by atoms with van der Waals surface area (Å²) in [4.78, 5) is 24.1. The molecule has 6 nitrogen and oxygen atoms in total. The van der Waals surface area contributed by atoms with Crippen molar-refractivity contribution >= 4 is 18.1 Å². The number of carboxylic acid groups (broad SMARTS) is 1. The number of aliphatic carboxylic acids is 1. The van der Waals surface area contributed by atoms with E-state index in [2.05, 4.69) is 5.32 Å². The van der Waals surface area contributed by atoms with Gasteiger partial charge >= 0.3 is 6.09 Å². The summed E-state index contributed by atoms with van der Waals surface area (Å²) in [6.07, 6.45) is 17.3. The minimum Gasteiger partial charge on any atom is -0.548 e. The number of hydrogen-bond acceptors (Lipinski definition) is 4. The van der Waals surface area contributed by atoms with Crippen LogP contribution in [0.1, 0.15) is 97.5 Å². The van der Waals surface area contributed by atoms with Gasteiger partial charge in [0, 0.05) is 6.20 Å². The lowest BCUT2D eigenvalue weighted by Crippen LogP contribution is -2.95. The summed E-state index contributed by atoms with van der Waals surface area (Å²) in [6.45, 7) is 6.52. The average molecular weight is 473 g/mol. The minimum atomic E-state index is -1.35. The fraction of sp³-hybridized carbons (Fsp3) is 0.643. The van der Waals surface area contributed by atoms with Crippen molar-refractivity contribution in [2.24, 2.45) is 0 Å². The maximum Gasteiger partial charge on any atom is 0.414 e. The first-order chi connectivity index (χ1) is 16.2. The van der Waals surface area contributed by atoms with E-state index < -0.39 is 23.7 Å². The Balaban J connectivity index is 0.000000266. The van der Waals surface area contributed by atoms with Gasteiger partial charge in [0.2, 0.25) is 0 Å². The number of amides is 1. The van der Waals surface area contributed by atoms with Gasteiger partial charge in [-0.3, -0.25) is 4.90 Å². The standard InChI is InChI=1S/C16H21NO4.C12H23N/c1-12(14(18)19)17(15(20)21-16(2,3)4)11-10-13-8-6-5-7-9-13;1-3-7-11(8-4-1)13-12-9-5-2-6-10-12/h5-12H,1-4H3,(H,18,19);11-13H,1-10H2/b11-10+;/t12-;/m0./s1. The third kappa shape index (κ3) is 10.7. The Morgan fingerprint density at radius 2 is 1.47 bits per heavy atom. The number of ether oxygens (including phenoxy) is 1. The highest BCUT2D eigenvalue weighted by molar-refractivity contribution is 5.80. The number of benzene rings is 1. The largest absolute Gasteiger partial charge is 0.548 e. The zero-order valence-electron chi connectivity index (χ0n) is 21.5. The van der Waals surface area contributed by atoms with Gasteiger partial charge in [0.25, 0.3) is 0 Å². The van der Waals surface area contributed by atoms with Crippen molar-refractivity contribution in [3.05, 3.63) is 42.1 Å². The highest BCUT2D eigenvalue weighted by Gasteiger charge is 2.25. The molecule has 0 aliphatic heterocycles. The Bertz CT molecular complexity index is 744. The fourth-order valence-electron chi connectivity index (χ4n) is 4.54. The second-order valence-electron chi connectivity index (χ2n) is 10.6. The predicted molar refractivity (Wildman–Crippen MR) is 134 cm³/mol. The molecule has 2 aliphatic carbocycles. The first kappa shape index (κ1) is 27.9. The molecule has 0 spiro atoms. The molecule has 0 saturated heterocycles. The van der Waals surface area contributed by atoms with Gasteiger partial charge in [-0.2, -0.15) is 0 Å². The van der Waals surface area contributed by atoms with E-state index in [1.54, 1.807) is 26.8 Å². The Kier molecular flexibility index (Phi) is 11.6. The summed E-state index contributed by atoms with van der Waals surface area (Å²) in [5.41, 5.74) is 0.137. The fourth-order valence-corrected chi connectivity index (χ4v) is 4.54. The summed E-state index contributed by atoms with van der Waals surface area (Å²) in [6, 6.07) is 10.1. The van der Waals surface area contributed by atoms with Gasteiger partial charge < -0.3 is 20.0 Å². The van der Waals surface area contributed by atoms with Gasteiger partial charge in [-0.1, -0.05) is 43.2 Å². The molecule has 0 bridgehead atoms. The summed E-state index contributed by atoms with van der Waals surface area (Å²) in [5.74, 6) is -1.35. The van der Waals surface area contributed by atoms with E-state index in [1.807, 2.05) is 30.3 Å². The molecule has 1 atom stereocenters. The Labute approximate surface area is 205 Å². The van der Waals surface area contributed by atoms with Crippen LogP contribution in [0, 0.1) is 0 Å². The third-order valence-corrected chi connectivity index (χ3v) is 6.43. The molecule has 0 radical (unpaired) electrons. The molecule has 0 aromatic heterocycles. The molecule has 190 valence electrons. The lowest BCUT2D eigenvalue weighted by Gasteiger charge is -2.29. The van der Waals surface area contributed by atoms with Crippen molar-refractivity contribution in [3.8, 4) is 0 Å². The molecule has 0 unspecified atom stereocenters. The van der Waals surface area contributed by atoms with E-state index in [0.29, 0.717) is 0 Å². The van der Waals surface area contributed by atoms with Gasteiger partial charge in [-0.05, 0) is 90.7 Å². The highest BCUT2D eigenvalue weighted by Crippen LogP contribution is 2.18. The van der Waals surface area contributed by atoms with Crippen LogP contribution in [0.4, 0.5) is 4.79 Å². The maximum atomic E-state index is 12.1. The molecular weight excluding hydrogens is 428 g/mol. The normalized spacial score (nSPS) is 18.6. The number of carboxylic acids is 1. The van der Waals surface area contributed by atoms with Crippen LogP contribution >= 0.6 is 0 Å². The zero-order valence-corrected chi connectivity index (χ0v) is 21.5. The van der Waals surface area contributed by atoms with Gasteiger partial charge in [0.05, 0.1) is 24.1 Å². The second kappa shape index (κ2) is 14.1. The number of carbonyl (C=O) groups excluding carboxylic acids is 2. The number of nitrogens with zero attached hydrogens (tertiary/aromatic N) is 1. The van der Waals surface area contributed by atoms with Crippen LogP contribution in [-0.4, -0.2) is 40.7 Å². The maximum absolute atomic E-state index is 12.1. The Hall–Kier alpha value is -2.34. The Morgan fingerprint density at radius 1 is 0.971 bits per heavy atom. The van der Waals surface area contributed by atoms with E-state index in [1.165, 1.54) is 77.3 Å². The van der Waals surface area contributed by atoms with Crippen LogP contribution < -0.4 is 10.4 Å². The number of rotatable bonds is 6. The molecule has 2 N–H and O–H groups in total. The van der Waals surface area contributed by atoms with Crippen molar-refractivity contribution in [2.45, 2.75) is 116 Å². The topological polar surface area (TPSA) is 86.3 Å². The molecule has 6 heteroatoms. The number of quaternary nitrogens is 1.